The van der Waals surface area contributed by atoms with Gasteiger partial charge in [-0.15, -0.1) is 0 Å². The highest BCUT2D eigenvalue weighted by molar-refractivity contribution is 6.30. The van der Waals surface area contributed by atoms with Crippen LogP contribution in [0.1, 0.15) is 43.9 Å². The van der Waals surface area contributed by atoms with Crippen LogP contribution in [0.4, 0.5) is 13.2 Å². The highest BCUT2D eigenvalue weighted by atomic mass is 35.5. The van der Waals surface area contributed by atoms with E-state index in [9.17, 15) is 13.2 Å². The van der Waals surface area contributed by atoms with Crippen LogP contribution in [0, 0.1) is 0 Å². The van der Waals surface area contributed by atoms with E-state index in [1.807, 2.05) is 6.07 Å². The summed E-state index contributed by atoms with van der Waals surface area (Å²) in [6.07, 6.45) is -1.32. The third-order valence-corrected chi connectivity index (χ3v) is 3.78. The number of nitrogens with zero attached hydrogens (tertiary/aromatic N) is 2. The van der Waals surface area contributed by atoms with Crippen LogP contribution in [0.25, 0.3) is 5.69 Å². The van der Waals surface area contributed by atoms with E-state index in [2.05, 4.69) is 18.9 Å². The Bertz CT molecular complexity index is 616. The smallest absolute Gasteiger partial charge is 0.240 e. The third-order valence-electron chi connectivity index (χ3n) is 3.54. The quantitative estimate of drug-likeness (QED) is 0.733. The van der Waals surface area contributed by atoms with E-state index in [1.54, 1.807) is 12.1 Å². The molecule has 0 N–H and O–H groups in total. The van der Waals surface area contributed by atoms with Gasteiger partial charge in [0, 0.05) is 11.2 Å². The van der Waals surface area contributed by atoms with Crippen LogP contribution in [-0.2, 0) is 6.18 Å². The fourth-order valence-electron chi connectivity index (χ4n) is 2.40. The first-order chi connectivity index (χ1) is 9.86. The van der Waals surface area contributed by atoms with Gasteiger partial charge in [-0.1, -0.05) is 31.5 Å². The van der Waals surface area contributed by atoms with Crippen LogP contribution < -0.4 is 0 Å². The summed E-state index contributed by atoms with van der Waals surface area (Å²) in [5.41, 5.74) is 0.658. The highest BCUT2D eigenvalue weighted by Gasteiger charge is 2.33. The molecule has 1 heterocycles. The predicted molar refractivity (Wildman–Crippen MR) is 76.9 cm³/mol. The predicted octanol–water partition coefficient (Wildman–Crippen LogP) is 5.45. The SMILES string of the molecule is CCC(CC)c1ccc(Cl)cc1-n1ccc(C(F)(F)F)n1. The van der Waals surface area contributed by atoms with Gasteiger partial charge in [-0.25, -0.2) is 4.68 Å². The van der Waals surface area contributed by atoms with Gasteiger partial charge in [-0.2, -0.15) is 18.3 Å². The lowest BCUT2D eigenvalue weighted by Crippen LogP contribution is -2.09. The van der Waals surface area contributed by atoms with Crippen molar-refractivity contribution < 1.29 is 13.2 Å². The summed E-state index contributed by atoms with van der Waals surface area (Å²) in [7, 11) is 0. The van der Waals surface area contributed by atoms with E-state index >= 15 is 0 Å². The molecule has 0 radical (unpaired) electrons. The van der Waals surface area contributed by atoms with Crippen molar-refractivity contribution >= 4 is 11.6 Å². The van der Waals surface area contributed by atoms with Crippen molar-refractivity contribution in [2.24, 2.45) is 0 Å². The van der Waals surface area contributed by atoms with E-state index < -0.39 is 11.9 Å². The number of alkyl halides is 3. The molecule has 2 aromatic rings. The van der Waals surface area contributed by atoms with Crippen molar-refractivity contribution in [2.45, 2.75) is 38.8 Å². The largest absolute Gasteiger partial charge is 0.435 e. The van der Waals surface area contributed by atoms with E-state index in [1.165, 1.54) is 10.9 Å². The zero-order valence-corrected chi connectivity index (χ0v) is 12.5. The van der Waals surface area contributed by atoms with E-state index in [0.717, 1.165) is 24.5 Å². The fourth-order valence-corrected chi connectivity index (χ4v) is 2.56. The van der Waals surface area contributed by atoms with Gasteiger partial charge in [0.1, 0.15) is 0 Å². The Morgan fingerprint density at radius 3 is 2.38 bits per heavy atom. The molecule has 1 aromatic heterocycles. The van der Waals surface area contributed by atoms with Crippen LogP contribution in [-0.4, -0.2) is 9.78 Å². The molecule has 1 aromatic carbocycles. The van der Waals surface area contributed by atoms with Crippen molar-refractivity contribution in [3.8, 4) is 5.69 Å². The van der Waals surface area contributed by atoms with Crippen molar-refractivity contribution in [3.63, 3.8) is 0 Å². The molecular weight excluding hydrogens is 301 g/mol. The highest BCUT2D eigenvalue weighted by Crippen LogP contribution is 2.32. The molecule has 21 heavy (non-hydrogen) atoms. The molecule has 0 amide bonds. The summed E-state index contributed by atoms with van der Waals surface area (Å²) >= 11 is 5.99. The molecular formula is C15H16ClF3N2. The first-order valence-electron chi connectivity index (χ1n) is 6.79. The van der Waals surface area contributed by atoms with Gasteiger partial charge in [-0.05, 0) is 42.5 Å². The summed E-state index contributed by atoms with van der Waals surface area (Å²) < 4.78 is 39.3. The van der Waals surface area contributed by atoms with Crippen LogP contribution in [0.2, 0.25) is 5.02 Å². The molecule has 0 aliphatic heterocycles. The molecule has 2 rings (SSSR count). The molecule has 0 atom stereocenters. The standard InChI is InChI=1S/C15H16ClF3N2/c1-3-10(4-2)12-6-5-11(16)9-13(12)21-8-7-14(20-21)15(17,18)19/h5-10H,3-4H2,1-2H3. The molecule has 114 valence electrons. The Balaban J connectivity index is 2.52. The third kappa shape index (κ3) is 3.40. The summed E-state index contributed by atoms with van der Waals surface area (Å²) in [6.45, 7) is 4.10. The summed E-state index contributed by atoms with van der Waals surface area (Å²) in [4.78, 5) is 0. The molecule has 0 saturated heterocycles. The Morgan fingerprint density at radius 2 is 1.86 bits per heavy atom. The van der Waals surface area contributed by atoms with Crippen molar-refractivity contribution in [1.29, 1.82) is 0 Å². The summed E-state index contributed by atoms with van der Waals surface area (Å²) in [6, 6.07) is 6.25. The van der Waals surface area contributed by atoms with Gasteiger partial charge in [0.2, 0.25) is 0 Å². The number of benzene rings is 1. The lowest BCUT2D eigenvalue weighted by Gasteiger charge is -2.18. The van der Waals surface area contributed by atoms with Crippen molar-refractivity contribution in [2.75, 3.05) is 0 Å². The molecule has 0 spiro atoms. The van der Waals surface area contributed by atoms with Gasteiger partial charge in [0.05, 0.1) is 5.69 Å². The number of aromatic nitrogens is 2. The zero-order valence-electron chi connectivity index (χ0n) is 11.8. The number of hydrogen-bond acceptors (Lipinski definition) is 1. The van der Waals surface area contributed by atoms with Crippen LogP contribution in [0.5, 0.6) is 0 Å². The van der Waals surface area contributed by atoms with Gasteiger partial charge < -0.3 is 0 Å². The number of halogens is 4. The molecule has 0 unspecified atom stereocenters. The number of hydrogen-bond donors (Lipinski definition) is 0. The maximum absolute atomic E-state index is 12.7. The minimum atomic E-state index is -4.45. The molecule has 0 bridgehead atoms. The normalized spacial score (nSPS) is 12.1. The van der Waals surface area contributed by atoms with Crippen LogP contribution in [0.3, 0.4) is 0 Å². The monoisotopic (exact) mass is 316 g/mol. The average molecular weight is 317 g/mol. The minimum Gasteiger partial charge on any atom is -0.240 e. The van der Waals surface area contributed by atoms with Gasteiger partial charge in [0.15, 0.2) is 5.69 Å². The molecule has 2 nitrogen and oxygen atoms in total. The first kappa shape index (κ1) is 15.9. The Morgan fingerprint density at radius 1 is 1.19 bits per heavy atom. The van der Waals surface area contributed by atoms with E-state index in [0.29, 0.717) is 10.7 Å². The van der Waals surface area contributed by atoms with Gasteiger partial charge in [-0.3, -0.25) is 0 Å². The maximum Gasteiger partial charge on any atom is 0.435 e. The second kappa shape index (κ2) is 6.10. The van der Waals surface area contributed by atoms with Gasteiger partial charge >= 0.3 is 6.18 Å². The fraction of sp³-hybridized carbons (Fsp3) is 0.400. The van der Waals surface area contributed by atoms with E-state index in [-0.39, 0.29) is 5.92 Å². The lowest BCUT2D eigenvalue weighted by atomic mass is 9.92. The zero-order chi connectivity index (χ0) is 15.6. The number of rotatable bonds is 4. The van der Waals surface area contributed by atoms with Crippen molar-refractivity contribution in [1.82, 2.24) is 9.78 Å². The Hall–Kier alpha value is -1.49. The van der Waals surface area contributed by atoms with Gasteiger partial charge in [0.25, 0.3) is 0 Å². The Kier molecular flexibility index (Phi) is 4.61. The lowest BCUT2D eigenvalue weighted by molar-refractivity contribution is -0.141. The molecule has 0 aliphatic carbocycles. The van der Waals surface area contributed by atoms with Crippen LogP contribution >= 0.6 is 11.6 Å². The minimum absolute atomic E-state index is 0.260. The maximum atomic E-state index is 12.7. The summed E-state index contributed by atoms with van der Waals surface area (Å²) in [5.74, 6) is 0.260. The summed E-state index contributed by atoms with van der Waals surface area (Å²) in [5, 5.41) is 4.11. The Labute approximate surface area is 126 Å². The molecule has 0 saturated carbocycles. The average Bonchev–Trinajstić information content (AvgIpc) is 2.91. The van der Waals surface area contributed by atoms with Crippen molar-refractivity contribution in [3.05, 3.63) is 46.7 Å². The van der Waals surface area contributed by atoms with E-state index in [4.69, 9.17) is 11.6 Å². The molecule has 6 heteroatoms. The second-order valence-corrected chi connectivity index (χ2v) is 5.30. The topological polar surface area (TPSA) is 17.8 Å². The second-order valence-electron chi connectivity index (χ2n) is 4.86. The first-order valence-corrected chi connectivity index (χ1v) is 7.17. The molecule has 0 fully saturated rings. The molecule has 0 aliphatic rings. The van der Waals surface area contributed by atoms with Crippen LogP contribution in [0.15, 0.2) is 30.5 Å².